The van der Waals surface area contributed by atoms with Gasteiger partial charge in [-0.1, -0.05) is 38.0 Å². The molecule has 0 saturated heterocycles. The lowest BCUT2D eigenvalue weighted by molar-refractivity contribution is 0.170. The predicted octanol–water partition coefficient (Wildman–Crippen LogP) is 3.76. The average Bonchev–Trinajstić information content (AvgIpc) is 2.83. The Bertz CT molecular complexity index is 548. The quantitative estimate of drug-likeness (QED) is 0.751. The number of hydrogen-bond donors (Lipinski definition) is 0. The van der Waals surface area contributed by atoms with Crippen molar-refractivity contribution in [3.63, 3.8) is 0 Å². The molecule has 1 aliphatic rings. The largest absolute Gasteiger partial charge is 0.493 e. The van der Waals surface area contributed by atoms with Crippen molar-refractivity contribution < 1.29 is 13.2 Å². The number of para-hydroxylation sites is 1. The van der Waals surface area contributed by atoms with Crippen LogP contribution >= 0.6 is 10.7 Å². The molecule has 1 aromatic carbocycles. The van der Waals surface area contributed by atoms with Crippen LogP contribution in [0.5, 0.6) is 5.75 Å². The van der Waals surface area contributed by atoms with E-state index in [0.29, 0.717) is 6.61 Å². The zero-order valence-electron chi connectivity index (χ0n) is 11.8. The second-order valence-corrected chi connectivity index (χ2v) is 8.42. The predicted molar refractivity (Wildman–Crippen MR) is 81.9 cm³/mol. The van der Waals surface area contributed by atoms with Gasteiger partial charge in [-0.15, -0.1) is 0 Å². The number of rotatable bonds is 6. The Morgan fingerprint density at radius 2 is 1.90 bits per heavy atom. The van der Waals surface area contributed by atoms with Crippen LogP contribution in [0.15, 0.2) is 24.3 Å². The number of ether oxygens (including phenoxy) is 1. The summed E-state index contributed by atoms with van der Waals surface area (Å²) >= 11 is 0. The lowest BCUT2D eigenvalue weighted by Gasteiger charge is -2.27. The van der Waals surface area contributed by atoms with Crippen LogP contribution in [-0.2, 0) is 15.5 Å². The standard InChI is InChI=1S/C15H21ClO3S/c1-2-13-7-3-4-8-14(13)19-11-15(9-5-6-10-15)12-20(16,17)18/h3-4,7-8H,2,5-6,9-12H2,1H3. The zero-order valence-corrected chi connectivity index (χ0v) is 13.3. The molecular formula is C15H21ClO3S. The molecule has 1 fully saturated rings. The highest BCUT2D eigenvalue weighted by atomic mass is 35.7. The van der Waals surface area contributed by atoms with E-state index in [9.17, 15) is 8.42 Å². The number of benzene rings is 1. The molecule has 3 nitrogen and oxygen atoms in total. The Kier molecular flexibility index (Phi) is 4.97. The normalized spacial score (nSPS) is 18.1. The maximum atomic E-state index is 11.4. The van der Waals surface area contributed by atoms with Crippen molar-refractivity contribution in [1.29, 1.82) is 0 Å². The summed E-state index contributed by atoms with van der Waals surface area (Å²) in [5, 5.41) is 0. The van der Waals surface area contributed by atoms with Crippen molar-refractivity contribution in [3.8, 4) is 5.75 Å². The Morgan fingerprint density at radius 3 is 2.50 bits per heavy atom. The second-order valence-electron chi connectivity index (χ2n) is 5.64. The molecule has 1 aliphatic carbocycles. The van der Waals surface area contributed by atoms with Gasteiger partial charge in [-0.3, -0.25) is 0 Å². The Morgan fingerprint density at radius 1 is 1.25 bits per heavy atom. The monoisotopic (exact) mass is 316 g/mol. The fraction of sp³-hybridized carbons (Fsp3) is 0.600. The Hall–Kier alpha value is -0.740. The van der Waals surface area contributed by atoms with Gasteiger partial charge in [-0.25, -0.2) is 8.42 Å². The van der Waals surface area contributed by atoms with E-state index in [1.807, 2.05) is 24.3 Å². The summed E-state index contributed by atoms with van der Waals surface area (Å²) in [6.07, 6.45) is 4.73. The molecular weight excluding hydrogens is 296 g/mol. The van der Waals surface area contributed by atoms with Crippen molar-refractivity contribution >= 4 is 19.7 Å². The van der Waals surface area contributed by atoms with E-state index in [1.54, 1.807) is 0 Å². The van der Waals surface area contributed by atoms with Gasteiger partial charge in [0.15, 0.2) is 0 Å². The van der Waals surface area contributed by atoms with E-state index in [2.05, 4.69) is 6.92 Å². The summed E-state index contributed by atoms with van der Waals surface area (Å²) in [6, 6.07) is 7.90. The number of aryl methyl sites for hydroxylation is 1. The third kappa shape index (κ3) is 4.13. The molecule has 0 aliphatic heterocycles. The average molecular weight is 317 g/mol. The van der Waals surface area contributed by atoms with Crippen molar-refractivity contribution in [2.45, 2.75) is 39.0 Å². The van der Waals surface area contributed by atoms with Gasteiger partial charge < -0.3 is 4.74 Å². The fourth-order valence-electron chi connectivity index (χ4n) is 2.99. The van der Waals surface area contributed by atoms with Gasteiger partial charge in [0.25, 0.3) is 0 Å². The van der Waals surface area contributed by atoms with Crippen LogP contribution in [0, 0.1) is 5.41 Å². The highest BCUT2D eigenvalue weighted by Crippen LogP contribution is 2.40. The fourth-order valence-corrected chi connectivity index (χ4v) is 4.79. The summed E-state index contributed by atoms with van der Waals surface area (Å²) < 4.78 is 28.8. The van der Waals surface area contributed by atoms with Gasteiger partial charge in [0.05, 0.1) is 12.4 Å². The molecule has 0 radical (unpaired) electrons. The summed E-state index contributed by atoms with van der Waals surface area (Å²) in [5.41, 5.74) is 0.830. The number of halogens is 1. The van der Waals surface area contributed by atoms with Crippen LogP contribution in [-0.4, -0.2) is 20.8 Å². The summed E-state index contributed by atoms with van der Waals surface area (Å²) in [6.45, 7) is 2.51. The molecule has 20 heavy (non-hydrogen) atoms. The lowest BCUT2D eigenvalue weighted by Crippen LogP contribution is -2.32. The highest BCUT2D eigenvalue weighted by Gasteiger charge is 2.38. The van der Waals surface area contributed by atoms with Crippen LogP contribution < -0.4 is 4.74 Å². The molecule has 0 aromatic heterocycles. The first-order valence-corrected chi connectivity index (χ1v) is 9.55. The molecule has 0 amide bonds. The minimum absolute atomic E-state index is 0.00977. The molecule has 0 heterocycles. The van der Waals surface area contributed by atoms with Gasteiger partial charge in [-0.2, -0.15) is 0 Å². The molecule has 2 rings (SSSR count). The first-order chi connectivity index (χ1) is 9.44. The van der Waals surface area contributed by atoms with E-state index < -0.39 is 9.05 Å². The van der Waals surface area contributed by atoms with Gasteiger partial charge in [0, 0.05) is 16.1 Å². The smallest absolute Gasteiger partial charge is 0.233 e. The van der Waals surface area contributed by atoms with Crippen molar-refractivity contribution in [2.24, 2.45) is 5.41 Å². The molecule has 0 unspecified atom stereocenters. The topological polar surface area (TPSA) is 43.4 Å². The van der Waals surface area contributed by atoms with E-state index in [0.717, 1.165) is 43.4 Å². The molecule has 1 aromatic rings. The molecule has 0 N–H and O–H groups in total. The summed E-state index contributed by atoms with van der Waals surface area (Å²) in [7, 11) is 1.97. The highest BCUT2D eigenvalue weighted by molar-refractivity contribution is 8.13. The number of hydrogen-bond acceptors (Lipinski definition) is 3. The van der Waals surface area contributed by atoms with Crippen LogP contribution in [0.4, 0.5) is 0 Å². The van der Waals surface area contributed by atoms with Crippen molar-refractivity contribution in [2.75, 3.05) is 12.4 Å². The van der Waals surface area contributed by atoms with E-state index in [4.69, 9.17) is 15.4 Å². The van der Waals surface area contributed by atoms with Crippen molar-refractivity contribution in [1.82, 2.24) is 0 Å². The second kappa shape index (κ2) is 6.35. The molecule has 112 valence electrons. The Labute approximate surface area is 125 Å². The van der Waals surface area contributed by atoms with E-state index in [-0.39, 0.29) is 11.2 Å². The van der Waals surface area contributed by atoms with Gasteiger partial charge in [0.1, 0.15) is 5.75 Å². The first kappa shape index (κ1) is 15.6. The molecule has 0 spiro atoms. The van der Waals surface area contributed by atoms with E-state index >= 15 is 0 Å². The molecule has 0 atom stereocenters. The summed E-state index contributed by atoms with van der Waals surface area (Å²) in [4.78, 5) is 0. The maximum Gasteiger partial charge on any atom is 0.233 e. The summed E-state index contributed by atoms with van der Waals surface area (Å²) in [5.74, 6) is 0.865. The SMILES string of the molecule is CCc1ccccc1OCC1(CS(=O)(=O)Cl)CCCC1. The lowest BCUT2D eigenvalue weighted by atomic mass is 9.90. The van der Waals surface area contributed by atoms with Crippen LogP contribution in [0.1, 0.15) is 38.2 Å². The molecule has 0 bridgehead atoms. The third-order valence-electron chi connectivity index (χ3n) is 4.03. The molecule has 5 heteroatoms. The van der Waals surface area contributed by atoms with Crippen molar-refractivity contribution in [3.05, 3.63) is 29.8 Å². The maximum absolute atomic E-state index is 11.4. The minimum Gasteiger partial charge on any atom is -0.493 e. The first-order valence-electron chi connectivity index (χ1n) is 7.07. The minimum atomic E-state index is -3.49. The van der Waals surface area contributed by atoms with Gasteiger partial charge >= 0.3 is 0 Å². The van der Waals surface area contributed by atoms with Gasteiger partial charge in [-0.05, 0) is 30.9 Å². The van der Waals surface area contributed by atoms with Crippen LogP contribution in [0.2, 0.25) is 0 Å². The Balaban J connectivity index is 2.10. The zero-order chi connectivity index (χ0) is 14.6. The third-order valence-corrected chi connectivity index (χ3v) is 5.31. The molecule has 1 saturated carbocycles. The van der Waals surface area contributed by atoms with Crippen LogP contribution in [0.3, 0.4) is 0 Å². The van der Waals surface area contributed by atoms with E-state index in [1.165, 1.54) is 0 Å². The van der Waals surface area contributed by atoms with Gasteiger partial charge in [0.2, 0.25) is 9.05 Å². The van der Waals surface area contributed by atoms with Crippen LogP contribution in [0.25, 0.3) is 0 Å².